The minimum Gasteiger partial charge on any atom is -0.422 e. The van der Waals surface area contributed by atoms with Crippen LogP contribution in [0.1, 0.15) is 78.6 Å². The first-order valence-electron chi connectivity index (χ1n) is 8.36. The van der Waals surface area contributed by atoms with Gasteiger partial charge in [-0.05, 0) is 19.3 Å². The molecule has 0 amide bonds. The van der Waals surface area contributed by atoms with Crippen LogP contribution in [0.4, 0.5) is 17.3 Å². The maximum Gasteiger partial charge on any atom is 0.673 e. The fourth-order valence-corrected chi connectivity index (χ4v) is 1.97. The quantitative estimate of drug-likeness (QED) is 0.169. The van der Waals surface area contributed by atoms with Crippen molar-refractivity contribution in [1.82, 2.24) is 0 Å². The average Bonchev–Trinajstić information content (AvgIpc) is 2.37. The third-order valence-corrected chi connectivity index (χ3v) is 3.11. The van der Waals surface area contributed by atoms with Crippen LogP contribution in [0.25, 0.3) is 0 Å². The Hall–Kier alpha value is -0.255. The van der Waals surface area contributed by atoms with E-state index in [1.165, 1.54) is 77.6 Å². The van der Waals surface area contributed by atoms with Crippen LogP contribution in [-0.2, 0) is 4.37 Å². The smallest absolute Gasteiger partial charge is 0.422 e. The molecule has 0 rings (SSSR count). The van der Waals surface area contributed by atoms with Crippen molar-refractivity contribution in [2.24, 2.45) is 0 Å². The van der Waals surface area contributed by atoms with Crippen LogP contribution >= 0.6 is 0 Å². The third-order valence-electron chi connectivity index (χ3n) is 3.11. The molecule has 0 aromatic rings. The first-order valence-corrected chi connectivity index (χ1v) is 8.36. The van der Waals surface area contributed by atoms with Crippen LogP contribution < -0.4 is 0 Å². The summed E-state index contributed by atoms with van der Waals surface area (Å²) < 4.78 is 42.5. The zero-order chi connectivity index (χ0) is 16.6. The molecule has 0 aromatic heterocycles. The molecular formula is C15H33BF4O. The molecule has 0 saturated heterocycles. The van der Waals surface area contributed by atoms with Crippen molar-refractivity contribution in [3.8, 4) is 0 Å². The maximum atomic E-state index is 9.75. The second kappa shape index (κ2) is 16.1. The Morgan fingerprint density at radius 1 is 0.571 bits per heavy atom. The van der Waals surface area contributed by atoms with E-state index in [1.54, 1.807) is 0 Å². The molecule has 0 unspecified atom stereocenters. The number of rotatable bonds is 12. The third kappa shape index (κ3) is 28.6. The molecule has 0 fully saturated rings. The highest BCUT2D eigenvalue weighted by atomic mass is 19.5. The first-order chi connectivity index (χ1) is 9.85. The minimum absolute atomic E-state index is 1.25. The summed E-state index contributed by atoms with van der Waals surface area (Å²) in [7, 11) is -6.00. The summed E-state index contributed by atoms with van der Waals surface area (Å²) in [5.74, 6) is 0. The average molecular weight is 316 g/mol. The lowest BCUT2D eigenvalue weighted by molar-refractivity contribution is -0.143. The maximum absolute atomic E-state index is 9.75. The van der Waals surface area contributed by atoms with E-state index in [0.717, 1.165) is 0 Å². The molecule has 0 aromatic carbocycles. The van der Waals surface area contributed by atoms with Crippen molar-refractivity contribution in [2.45, 2.75) is 78.6 Å². The van der Waals surface area contributed by atoms with Gasteiger partial charge in [0.25, 0.3) is 0 Å². The summed E-state index contributed by atoms with van der Waals surface area (Å²) in [4.78, 5) is 0. The molecule has 1 nitrogen and oxygen atoms in total. The highest BCUT2D eigenvalue weighted by molar-refractivity contribution is 6.50. The van der Waals surface area contributed by atoms with Crippen LogP contribution in [0.2, 0.25) is 0 Å². The predicted octanol–water partition coefficient (Wildman–Crippen LogP) is 6.41. The fourth-order valence-electron chi connectivity index (χ4n) is 1.97. The van der Waals surface area contributed by atoms with Crippen molar-refractivity contribution < 1.29 is 21.6 Å². The van der Waals surface area contributed by atoms with Gasteiger partial charge in [0.1, 0.15) is 19.8 Å². The Morgan fingerprint density at radius 2 is 0.810 bits per heavy atom. The lowest BCUT2D eigenvalue weighted by Gasteiger charge is -2.19. The van der Waals surface area contributed by atoms with E-state index in [1.807, 2.05) is 0 Å². The van der Waals surface area contributed by atoms with Gasteiger partial charge < -0.3 is 21.6 Å². The van der Waals surface area contributed by atoms with Crippen LogP contribution in [-0.4, -0.2) is 27.1 Å². The van der Waals surface area contributed by atoms with Crippen molar-refractivity contribution in [1.29, 1.82) is 0 Å². The van der Waals surface area contributed by atoms with Gasteiger partial charge in [0, 0.05) is 19.3 Å². The zero-order valence-corrected chi connectivity index (χ0v) is 14.0. The summed E-state index contributed by atoms with van der Waals surface area (Å²) in [5, 5.41) is 0. The van der Waals surface area contributed by atoms with E-state index in [0.29, 0.717) is 0 Å². The normalized spacial score (nSPS) is 11.4. The predicted molar refractivity (Wildman–Crippen MR) is 84.4 cm³/mol. The van der Waals surface area contributed by atoms with Gasteiger partial charge >= 0.3 is 7.25 Å². The van der Waals surface area contributed by atoms with Gasteiger partial charge in [-0.3, -0.25) is 0 Å². The molecule has 130 valence electrons. The van der Waals surface area contributed by atoms with Crippen molar-refractivity contribution >= 4 is 7.25 Å². The number of unbranched alkanes of at least 4 members (excludes halogenated alkanes) is 6. The van der Waals surface area contributed by atoms with Crippen LogP contribution in [0.3, 0.4) is 0 Å². The van der Waals surface area contributed by atoms with Crippen molar-refractivity contribution in [3.05, 3.63) is 0 Å². The van der Waals surface area contributed by atoms with Gasteiger partial charge in [0.05, 0.1) is 0 Å². The second-order valence-corrected chi connectivity index (χ2v) is 5.34. The van der Waals surface area contributed by atoms with Gasteiger partial charge in [-0.15, -0.1) is 0 Å². The van der Waals surface area contributed by atoms with E-state index >= 15 is 0 Å². The Kier molecular flexibility index (Phi) is 17.7. The SMILES string of the molecule is CCCCC[O+](CCCCC)CCCCC.F[B-](F)(F)F. The highest BCUT2D eigenvalue weighted by Gasteiger charge is 2.20. The van der Waals surface area contributed by atoms with Crippen molar-refractivity contribution in [2.75, 3.05) is 19.8 Å². The molecule has 0 aliphatic heterocycles. The van der Waals surface area contributed by atoms with E-state index in [9.17, 15) is 17.3 Å². The van der Waals surface area contributed by atoms with Gasteiger partial charge in [0.15, 0.2) is 0 Å². The molecule has 0 spiro atoms. The van der Waals surface area contributed by atoms with Crippen molar-refractivity contribution in [3.63, 3.8) is 0 Å². The van der Waals surface area contributed by atoms with E-state index in [-0.39, 0.29) is 0 Å². The topological polar surface area (TPSA) is 2.70 Å². The summed E-state index contributed by atoms with van der Waals surface area (Å²) in [6.45, 7) is 10.6. The summed E-state index contributed by atoms with van der Waals surface area (Å²) >= 11 is 0. The van der Waals surface area contributed by atoms with Crippen LogP contribution in [0, 0.1) is 0 Å². The molecule has 0 aliphatic carbocycles. The monoisotopic (exact) mass is 316 g/mol. The van der Waals surface area contributed by atoms with Gasteiger partial charge in [-0.25, -0.2) is 0 Å². The standard InChI is InChI=1S/C15H33O.BF4/c1-4-7-10-13-16(14-11-8-5-2)15-12-9-6-3;2-1(3,4)5/h4-15H2,1-3H3;/q+1;-1. The molecule has 0 atom stereocenters. The molecule has 0 radical (unpaired) electrons. The van der Waals surface area contributed by atoms with Gasteiger partial charge in [-0.2, -0.15) is 0 Å². The van der Waals surface area contributed by atoms with Gasteiger partial charge in [-0.1, -0.05) is 40.0 Å². The largest absolute Gasteiger partial charge is 0.673 e. The van der Waals surface area contributed by atoms with E-state index in [4.69, 9.17) is 0 Å². The number of hydrogen-bond donors (Lipinski definition) is 0. The zero-order valence-electron chi connectivity index (χ0n) is 14.0. The number of hydrogen-bond acceptors (Lipinski definition) is 0. The van der Waals surface area contributed by atoms with Gasteiger partial charge in [0.2, 0.25) is 0 Å². The summed E-state index contributed by atoms with van der Waals surface area (Å²) in [6, 6.07) is 0. The highest BCUT2D eigenvalue weighted by Crippen LogP contribution is 2.09. The Morgan fingerprint density at radius 3 is 1.00 bits per heavy atom. The molecule has 0 heterocycles. The van der Waals surface area contributed by atoms with Crippen LogP contribution in [0.5, 0.6) is 0 Å². The lowest BCUT2D eigenvalue weighted by Crippen LogP contribution is -2.18. The molecule has 0 aliphatic rings. The molecule has 0 bridgehead atoms. The Labute approximate surface area is 128 Å². The molecule has 0 N–H and O–H groups in total. The molecule has 0 saturated carbocycles. The molecule has 21 heavy (non-hydrogen) atoms. The minimum atomic E-state index is -6.00. The molecular weight excluding hydrogens is 283 g/mol. The summed E-state index contributed by atoms with van der Waals surface area (Å²) in [5.41, 5.74) is 0. The summed E-state index contributed by atoms with van der Waals surface area (Å²) in [6.07, 6.45) is 12.2. The Balaban J connectivity index is 0. The molecule has 6 heteroatoms. The van der Waals surface area contributed by atoms with E-state index in [2.05, 4.69) is 25.1 Å². The van der Waals surface area contributed by atoms with Crippen LogP contribution in [0.15, 0.2) is 0 Å². The first kappa shape index (κ1) is 23.0. The van der Waals surface area contributed by atoms with E-state index < -0.39 is 7.25 Å². The number of halogens is 4. The Bertz CT molecular complexity index is 171. The second-order valence-electron chi connectivity index (χ2n) is 5.34. The fraction of sp³-hybridized carbons (Fsp3) is 1.00. The lowest BCUT2D eigenvalue weighted by atomic mass is 10.2.